The molecule has 0 aromatic carbocycles. The summed E-state index contributed by atoms with van der Waals surface area (Å²) >= 11 is 0. The fourth-order valence-electron chi connectivity index (χ4n) is 0.954. The average Bonchev–Trinajstić information content (AvgIpc) is 2.58. The van der Waals surface area contributed by atoms with E-state index >= 15 is 0 Å². The van der Waals surface area contributed by atoms with Gasteiger partial charge in [0.2, 0.25) is 12.1 Å². The van der Waals surface area contributed by atoms with Gasteiger partial charge >= 0.3 is 0 Å². The van der Waals surface area contributed by atoms with Crippen LogP contribution in [0.5, 0.6) is 0 Å². The van der Waals surface area contributed by atoms with Crippen LogP contribution in [0.15, 0.2) is 43.1 Å². The molecule has 2 rings (SSSR count). The molecule has 0 bridgehead atoms. The van der Waals surface area contributed by atoms with Gasteiger partial charge in [-0.3, -0.25) is 4.98 Å². The molecule has 0 atom stereocenters. The Morgan fingerprint density at radius 3 is 3.00 bits per heavy atom. The van der Waals surface area contributed by atoms with Crippen molar-refractivity contribution in [1.82, 2.24) is 9.97 Å². The van der Waals surface area contributed by atoms with Crippen LogP contribution in [0.4, 0.5) is 0 Å². The van der Waals surface area contributed by atoms with Crippen LogP contribution in [0.1, 0.15) is 0 Å². The van der Waals surface area contributed by atoms with Crippen LogP contribution in [0.3, 0.4) is 0 Å². The second-order valence-corrected chi connectivity index (χ2v) is 2.22. The molecule has 0 radical (unpaired) electrons. The zero-order chi connectivity index (χ0) is 7.52. The molecule has 0 aliphatic carbocycles. The molecule has 1 N–H and O–H groups in total. The predicted octanol–water partition coefficient (Wildman–Crippen LogP) is 0.686. The normalized spacial score (nSPS) is 9.82. The largest absolute Gasteiger partial charge is 0.280 e. The van der Waals surface area contributed by atoms with E-state index in [1.165, 1.54) is 0 Å². The molecular weight excluding hydrogens is 138 g/mol. The van der Waals surface area contributed by atoms with Crippen molar-refractivity contribution in [2.75, 3.05) is 0 Å². The lowest BCUT2D eigenvalue weighted by atomic mass is 10.6. The van der Waals surface area contributed by atoms with E-state index in [-0.39, 0.29) is 0 Å². The number of hydrogen-bond donors (Lipinski definition) is 1. The summed E-state index contributed by atoms with van der Waals surface area (Å²) in [5, 5.41) is 0. The van der Waals surface area contributed by atoms with Crippen molar-refractivity contribution in [2.24, 2.45) is 0 Å². The molecule has 0 fully saturated rings. The number of H-pyrrole nitrogens is 1. The molecule has 54 valence electrons. The molecule has 3 nitrogen and oxygen atoms in total. The van der Waals surface area contributed by atoms with Crippen LogP contribution in [0, 0.1) is 0 Å². The van der Waals surface area contributed by atoms with Crippen LogP contribution in [0.2, 0.25) is 0 Å². The maximum absolute atomic E-state index is 3.98. The smallest absolute Gasteiger partial charge is 0.230 e. The van der Waals surface area contributed by atoms with Crippen molar-refractivity contribution < 1.29 is 4.57 Å². The number of aromatic amines is 1. The molecule has 0 saturated carbocycles. The first-order valence-electron chi connectivity index (χ1n) is 3.42. The van der Waals surface area contributed by atoms with Gasteiger partial charge in [-0.1, -0.05) is 0 Å². The Hall–Kier alpha value is -1.64. The molecule has 2 heterocycles. The molecule has 0 amide bonds. The molecule has 0 aliphatic heterocycles. The number of rotatable bonds is 1. The van der Waals surface area contributed by atoms with Crippen molar-refractivity contribution in [3.63, 3.8) is 0 Å². The van der Waals surface area contributed by atoms with E-state index in [2.05, 4.69) is 9.97 Å². The SMILES string of the molecule is c1c[nH]c(-[n+]2cccnc2)c1. The maximum Gasteiger partial charge on any atom is 0.230 e. The molecule has 11 heavy (non-hydrogen) atoms. The van der Waals surface area contributed by atoms with Crippen molar-refractivity contribution in [3.8, 4) is 5.82 Å². The Morgan fingerprint density at radius 1 is 1.36 bits per heavy atom. The first kappa shape index (κ1) is 6.09. The molecule has 0 saturated heterocycles. The van der Waals surface area contributed by atoms with Gasteiger partial charge in [0, 0.05) is 12.1 Å². The highest BCUT2D eigenvalue weighted by atomic mass is 15.1. The van der Waals surface area contributed by atoms with E-state index in [4.69, 9.17) is 0 Å². The third kappa shape index (κ3) is 1.12. The minimum atomic E-state index is 1.03. The number of nitrogens with one attached hydrogen (secondary N) is 1. The van der Waals surface area contributed by atoms with Crippen LogP contribution in [0.25, 0.3) is 5.82 Å². The summed E-state index contributed by atoms with van der Waals surface area (Å²) < 4.78 is 1.92. The van der Waals surface area contributed by atoms with Gasteiger partial charge in [-0.05, 0) is 6.07 Å². The quantitative estimate of drug-likeness (QED) is 0.590. The van der Waals surface area contributed by atoms with E-state index in [1.54, 1.807) is 12.5 Å². The van der Waals surface area contributed by atoms with Gasteiger partial charge in [0.25, 0.3) is 0 Å². The van der Waals surface area contributed by atoms with Crippen molar-refractivity contribution in [2.45, 2.75) is 0 Å². The average molecular weight is 146 g/mol. The second kappa shape index (κ2) is 2.54. The Labute approximate surface area is 64.3 Å². The van der Waals surface area contributed by atoms with Gasteiger partial charge in [0.1, 0.15) is 6.20 Å². The molecule has 0 spiro atoms. The van der Waals surface area contributed by atoms with Gasteiger partial charge in [-0.2, -0.15) is 0 Å². The molecule has 0 unspecified atom stereocenters. The van der Waals surface area contributed by atoms with Gasteiger partial charge in [0.15, 0.2) is 0 Å². The van der Waals surface area contributed by atoms with E-state index in [9.17, 15) is 0 Å². The number of nitrogens with zero attached hydrogens (tertiary/aromatic N) is 2. The lowest BCUT2D eigenvalue weighted by Gasteiger charge is -1.90. The lowest BCUT2D eigenvalue weighted by molar-refractivity contribution is -0.602. The molecule has 2 aromatic heterocycles. The standard InChI is InChI=1S/C8H8N3/c1-3-8(10-5-1)11-6-2-4-9-7-11/h1-7,10H/q+1. The summed E-state index contributed by atoms with van der Waals surface area (Å²) in [6.07, 6.45) is 7.33. The zero-order valence-corrected chi connectivity index (χ0v) is 5.94. The second-order valence-electron chi connectivity index (χ2n) is 2.22. The topological polar surface area (TPSA) is 32.6 Å². The highest BCUT2D eigenvalue weighted by Crippen LogP contribution is 1.90. The first-order chi connectivity index (χ1) is 5.47. The highest BCUT2D eigenvalue weighted by molar-refractivity contribution is 5.09. The Morgan fingerprint density at radius 2 is 2.36 bits per heavy atom. The van der Waals surface area contributed by atoms with Crippen molar-refractivity contribution in [1.29, 1.82) is 0 Å². The summed E-state index contributed by atoms with van der Waals surface area (Å²) in [6.45, 7) is 0. The number of aromatic nitrogens is 3. The Kier molecular flexibility index (Phi) is 1.41. The lowest BCUT2D eigenvalue weighted by Crippen LogP contribution is -2.30. The monoisotopic (exact) mass is 146 g/mol. The third-order valence-corrected chi connectivity index (χ3v) is 1.47. The van der Waals surface area contributed by atoms with E-state index in [0.29, 0.717) is 0 Å². The maximum atomic E-state index is 3.98. The number of hydrogen-bond acceptors (Lipinski definition) is 1. The summed E-state index contributed by atoms with van der Waals surface area (Å²) in [5.41, 5.74) is 0. The summed E-state index contributed by atoms with van der Waals surface area (Å²) in [4.78, 5) is 7.06. The van der Waals surface area contributed by atoms with Gasteiger partial charge in [-0.25, -0.2) is 4.57 Å². The van der Waals surface area contributed by atoms with Crippen molar-refractivity contribution >= 4 is 0 Å². The van der Waals surface area contributed by atoms with E-state index in [1.807, 2.05) is 35.2 Å². The summed E-state index contributed by atoms with van der Waals surface area (Å²) in [6, 6.07) is 5.83. The molecule has 3 heteroatoms. The van der Waals surface area contributed by atoms with E-state index < -0.39 is 0 Å². The first-order valence-corrected chi connectivity index (χ1v) is 3.42. The fraction of sp³-hybridized carbons (Fsp3) is 0. The van der Waals surface area contributed by atoms with Gasteiger partial charge < -0.3 is 0 Å². The third-order valence-electron chi connectivity index (χ3n) is 1.47. The van der Waals surface area contributed by atoms with Crippen LogP contribution in [-0.2, 0) is 0 Å². The van der Waals surface area contributed by atoms with Gasteiger partial charge in [0.05, 0.1) is 12.4 Å². The predicted molar refractivity (Wildman–Crippen MR) is 40.1 cm³/mol. The minimum absolute atomic E-state index is 1.03. The molecule has 2 aromatic rings. The minimum Gasteiger partial charge on any atom is -0.280 e. The van der Waals surface area contributed by atoms with Gasteiger partial charge in [-0.15, -0.1) is 4.98 Å². The Balaban J connectivity index is 2.46. The summed E-state index contributed by atoms with van der Waals surface area (Å²) in [7, 11) is 0. The zero-order valence-electron chi connectivity index (χ0n) is 5.94. The molecule has 0 aliphatic rings. The van der Waals surface area contributed by atoms with Crippen LogP contribution in [-0.4, -0.2) is 9.97 Å². The van der Waals surface area contributed by atoms with Crippen LogP contribution < -0.4 is 4.57 Å². The van der Waals surface area contributed by atoms with E-state index in [0.717, 1.165) is 5.82 Å². The highest BCUT2D eigenvalue weighted by Gasteiger charge is 1.98. The van der Waals surface area contributed by atoms with Crippen molar-refractivity contribution in [3.05, 3.63) is 43.1 Å². The Bertz CT molecular complexity index is 312. The van der Waals surface area contributed by atoms with Crippen LogP contribution >= 0.6 is 0 Å². The molecular formula is C8H8N3+. The fourth-order valence-corrected chi connectivity index (χ4v) is 0.954. The summed E-state index contributed by atoms with van der Waals surface area (Å²) in [5.74, 6) is 1.03.